The van der Waals surface area contributed by atoms with E-state index in [0.717, 1.165) is 53.1 Å². The van der Waals surface area contributed by atoms with Crippen molar-refractivity contribution in [2.45, 2.75) is 44.4 Å². The number of methoxy groups -OCH3 is 1. The van der Waals surface area contributed by atoms with Gasteiger partial charge in [0.25, 0.3) is 5.92 Å². The van der Waals surface area contributed by atoms with Gasteiger partial charge in [-0.25, -0.2) is 8.78 Å². The Kier molecular flexibility index (Phi) is 7.17. The van der Waals surface area contributed by atoms with Crippen LogP contribution in [0.1, 0.15) is 19.8 Å². The number of β-amino-alcohol motifs (C(OH)–C–C–N with tert-alkyl or cyclic N) is 1. The smallest absolute Gasteiger partial charge is 0.262 e. The number of alkyl halides is 2. The monoisotopic (exact) mass is 507 g/mol. The third kappa shape index (κ3) is 5.55. The van der Waals surface area contributed by atoms with E-state index in [1.54, 1.807) is 11.7 Å². The molecule has 156 valence electrons. The Labute approximate surface area is 178 Å². The van der Waals surface area contributed by atoms with Crippen LogP contribution in [0.3, 0.4) is 0 Å². The lowest BCUT2D eigenvalue weighted by Gasteiger charge is -2.34. The molecule has 0 amide bonds. The molecule has 1 aromatic carbocycles. The molecule has 0 radical (unpaired) electrons. The van der Waals surface area contributed by atoms with Crippen molar-refractivity contribution in [3.63, 3.8) is 0 Å². The fourth-order valence-electron chi connectivity index (χ4n) is 3.84. The summed E-state index contributed by atoms with van der Waals surface area (Å²) in [5.41, 5.74) is 1.82. The number of fused-ring (bicyclic) bond motifs is 1. The number of hydrogen-bond donors (Lipinski definition) is 2. The summed E-state index contributed by atoms with van der Waals surface area (Å²) in [4.78, 5) is 2.26. The number of benzene rings is 1. The van der Waals surface area contributed by atoms with Crippen LogP contribution < -0.4 is 5.32 Å². The molecular formula is C20H28F2IN3O2. The van der Waals surface area contributed by atoms with Gasteiger partial charge < -0.3 is 24.6 Å². The molecule has 1 aromatic heterocycles. The predicted octanol–water partition coefficient (Wildman–Crippen LogP) is 3.78. The molecule has 3 rings (SSSR count). The molecule has 1 saturated heterocycles. The molecule has 1 aliphatic rings. The topological polar surface area (TPSA) is 49.7 Å². The highest BCUT2D eigenvalue weighted by molar-refractivity contribution is 14.1. The number of halogens is 3. The highest BCUT2D eigenvalue weighted by atomic mass is 127. The Balaban J connectivity index is 1.66. The Morgan fingerprint density at radius 2 is 2.07 bits per heavy atom. The molecule has 2 aromatic rings. The van der Waals surface area contributed by atoms with Crippen LogP contribution in [0.5, 0.6) is 0 Å². The zero-order chi connectivity index (χ0) is 20.3. The summed E-state index contributed by atoms with van der Waals surface area (Å²) in [5, 5.41) is 14.5. The Morgan fingerprint density at radius 1 is 1.36 bits per heavy atom. The standard InChI is InChI=1S/C20H28F2IN3O2/c1-20(21,22)13-26-18-5-3-4-17(16(18)10-19(26)23)24-14-6-8-25(9-7-14)11-15(27)12-28-2/h3-5,10,14-15,24,27H,6-9,11-13H2,1-2H3. The van der Waals surface area contributed by atoms with Crippen LogP contribution in [0.4, 0.5) is 14.5 Å². The van der Waals surface area contributed by atoms with Gasteiger partial charge in [-0.2, -0.15) is 0 Å². The molecule has 2 N–H and O–H groups in total. The third-order valence-corrected chi connectivity index (χ3v) is 6.00. The largest absolute Gasteiger partial charge is 0.389 e. The average molecular weight is 507 g/mol. The SMILES string of the molecule is COCC(O)CN1CCC(Nc2cccc3c2cc(I)n3CC(C)(F)F)CC1. The number of nitrogens with zero attached hydrogens (tertiary/aromatic N) is 2. The molecular weight excluding hydrogens is 479 g/mol. The molecule has 1 fully saturated rings. The molecule has 8 heteroatoms. The zero-order valence-electron chi connectivity index (χ0n) is 16.3. The van der Waals surface area contributed by atoms with Crippen molar-refractivity contribution >= 4 is 39.2 Å². The molecule has 0 saturated carbocycles. The van der Waals surface area contributed by atoms with Crippen LogP contribution in [0.2, 0.25) is 0 Å². The quantitative estimate of drug-likeness (QED) is 0.535. The summed E-state index contributed by atoms with van der Waals surface area (Å²) in [5.74, 6) is -2.75. The lowest BCUT2D eigenvalue weighted by Crippen LogP contribution is -2.43. The first-order valence-corrected chi connectivity index (χ1v) is 10.7. The summed E-state index contributed by atoms with van der Waals surface area (Å²) >= 11 is 2.12. The van der Waals surface area contributed by atoms with Gasteiger partial charge >= 0.3 is 0 Å². The normalized spacial score (nSPS) is 17.9. The van der Waals surface area contributed by atoms with E-state index in [0.29, 0.717) is 19.2 Å². The molecule has 1 atom stereocenters. The van der Waals surface area contributed by atoms with Crippen molar-refractivity contribution in [1.82, 2.24) is 9.47 Å². The second kappa shape index (κ2) is 9.23. The maximum absolute atomic E-state index is 13.6. The van der Waals surface area contributed by atoms with Crippen LogP contribution in [-0.2, 0) is 11.3 Å². The van der Waals surface area contributed by atoms with Gasteiger partial charge in [-0.1, -0.05) is 6.07 Å². The summed E-state index contributed by atoms with van der Waals surface area (Å²) < 4.78 is 34.6. The van der Waals surface area contributed by atoms with Crippen LogP contribution >= 0.6 is 22.6 Å². The fraction of sp³-hybridized carbons (Fsp3) is 0.600. The van der Waals surface area contributed by atoms with Crippen molar-refractivity contribution in [3.8, 4) is 0 Å². The van der Waals surface area contributed by atoms with Gasteiger partial charge in [0.15, 0.2) is 0 Å². The van der Waals surface area contributed by atoms with Gasteiger partial charge in [-0.3, -0.25) is 0 Å². The number of rotatable bonds is 8. The first-order valence-electron chi connectivity index (χ1n) is 9.58. The van der Waals surface area contributed by atoms with E-state index in [1.165, 1.54) is 0 Å². The highest BCUT2D eigenvalue weighted by Crippen LogP contribution is 2.31. The van der Waals surface area contributed by atoms with Crippen molar-refractivity contribution in [3.05, 3.63) is 28.0 Å². The first kappa shape index (κ1) is 21.7. The Hall–Kier alpha value is -0.970. The summed E-state index contributed by atoms with van der Waals surface area (Å²) in [6.45, 7) is 3.44. The molecule has 0 spiro atoms. The second-order valence-electron chi connectivity index (χ2n) is 7.69. The van der Waals surface area contributed by atoms with Gasteiger partial charge in [0, 0.05) is 50.8 Å². The van der Waals surface area contributed by atoms with Gasteiger partial charge in [-0.15, -0.1) is 0 Å². The fourth-order valence-corrected chi connectivity index (χ4v) is 4.58. The minimum atomic E-state index is -2.75. The lowest BCUT2D eigenvalue weighted by atomic mass is 10.0. The number of piperidine rings is 1. The van der Waals surface area contributed by atoms with E-state index in [2.05, 4.69) is 32.8 Å². The summed E-state index contributed by atoms with van der Waals surface area (Å²) in [6, 6.07) is 8.13. The minimum absolute atomic E-state index is 0.319. The van der Waals surface area contributed by atoms with E-state index in [9.17, 15) is 13.9 Å². The third-order valence-electron chi connectivity index (χ3n) is 5.11. The summed E-state index contributed by atoms with van der Waals surface area (Å²) in [6.07, 6.45) is 1.49. The number of nitrogens with one attached hydrogen (secondary N) is 1. The molecule has 5 nitrogen and oxygen atoms in total. The second-order valence-corrected chi connectivity index (χ2v) is 8.80. The van der Waals surface area contributed by atoms with E-state index < -0.39 is 12.0 Å². The first-order chi connectivity index (χ1) is 13.3. The van der Waals surface area contributed by atoms with Gasteiger partial charge in [0.2, 0.25) is 0 Å². The number of aliphatic hydroxyl groups excluding tert-OH is 1. The lowest BCUT2D eigenvalue weighted by molar-refractivity contribution is 0.00449. The maximum atomic E-state index is 13.6. The Bertz CT molecular complexity index is 786. The predicted molar refractivity (Wildman–Crippen MR) is 116 cm³/mol. The van der Waals surface area contributed by atoms with Gasteiger partial charge in [0.1, 0.15) is 0 Å². The minimum Gasteiger partial charge on any atom is -0.389 e. The maximum Gasteiger partial charge on any atom is 0.262 e. The van der Waals surface area contributed by atoms with Crippen LogP contribution in [-0.4, -0.2) is 66.0 Å². The number of hydrogen-bond acceptors (Lipinski definition) is 4. The van der Waals surface area contributed by atoms with Gasteiger partial charge in [-0.05, 0) is 53.6 Å². The van der Waals surface area contributed by atoms with Crippen LogP contribution in [0, 0.1) is 3.70 Å². The number of aliphatic hydroxyl groups is 1. The molecule has 0 bridgehead atoms. The van der Waals surface area contributed by atoms with E-state index in [-0.39, 0.29) is 6.54 Å². The van der Waals surface area contributed by atoms with E-state index in [4.69, 9.17) is 4.74 Å². The van der Waals surface area contributed by atoms with Crippen LogP contribution in [0.25, 0.3) is 10.9 Å². The zero-order valence-corrected chi connectivity index (χ0v) is 18.5. The van der Waals surface area contributed by atoms with Crippen LogP contribution in [0.15, 0.2) is 24.3 Å². The van der Waals surface area contributed by atoms with E-state index >= 15 is 0 Å². The number of anilines is 1. The van der Waals surface area contributed by atoms with Gasteiger partial charge in [0.05, 0.1) is 28.5 Å². The van der Waals surface area contributed by atoms with Crippen molar-refractivity contribution in [2.24, 2.45) is 0 Å². The van der Waals surface area contributed by atoms with E-state index in [1.807, 2.05) is 24.3 Å². The molecule has 1 aliphatic heterocycles. The van der Waals surface area contributed by atoms with Crippen molar-refractivity contribution < 1.29 is 18.6 Å². The van der Waals surface area contributed by atoms with Crippen molar-refractivity contribution in [1.29, 1.82) is 0 Å². The molecule has 0 aliphatic carbocycles. The number of likely N-dealkylation sites (tertiary alicyclic amines) is 1. The highest BCUT2D eigenvalue weighted by Gasteiger charge is 2.25. The number of aromatic nitrogens is 1. The average Bonchev–Trinajstić information content (AvgIpc) is 2.92. The summed E-state index contributed by atoms with van der Waals surface area (Å²) in [7, 11) is 1.59. The van der Waals surface area contributed by atoms with Crippen molar-refractivity contribution in [2.75, 3.05) is 38.7 Å². The molecule has 2 heterocycles. The Morgan fingerprint density at radius 3 is 2.71 bits per heavy atom. The number of ether oxygens (including phenoxy) is 1. The molecule has 1 unspecified atom stereocenters. The molecule has 28 heavy (non-hydrogen) atoms.